The average Bonchev–Trinajstić information content (AvgIpc) is 2.82. The van der Waals surface area contributed by atoms with E-state index in [1.165, 1.54) is 0 Å². The molecule has 0 heterocycles. The summed E-state index contributed by atoms with van der Waals surface area (Å²) in [6.45, 7) is 5.82. The Hall–Kier alpha value is -1.84. The Kier molecular flexibility index (Phi) is 4.99. The van der Waals surface area contributed by atoms with Gasteiger partial charge in [0.05, 0.1) is 0 Å². The maximum Gasteiger partial charge on any atom is 0.260 e. The zero-order chi connectivity index (χ0) is 15.4. The van der Waals surface area contributed by atoms with Crippen molar-refractivity contribution in [1.29, 1.82) is 0 Å². The summed E-state index contributed by atoms with van der Waals surface area (Å²) in [5.41, 5.74) is 1.67. The van der Waals surface area contributed by atoms with E-state index in [0.29, 0.717) is 18.6 Å². The molecule has 0 spiro atoms. The fraction of sp³-hybridized carbons (Fsp3) is 0.529. The van der Waals surface area contributed by atoms with Gasteiger partial charge in [0.2, 0.25) is 0 Å². The maximum absolute atomic E-state index is 12.1. The van der Waals surface area contributed by atoms with Gasteiger partial charge >= 0.3 is 0 Å². The van der Waals surface area contributed by atoms with Gasteiger partial charge in [-0.3, -0.25) is 9.59 Å². The Morgan fingerprint density at radius 3 is 2.81 bits per heavy atom. The van der Waals surface area contributed by atoms with Gasteiger partial charge in [-0.2, -0.15) is 0 Å². The van der Waals surface area contributed by atoms with Crippen LogP contribution >= 0.6 is 0 Å². The van der Waals surface area contributed by atoms with Crippen LogP contribution in [-0.4, -0.2) is 23.8 Å². The largest absolute Gasteiger partial charge is 0.481 e. The minimum absolute atomic E-state index is 0.113. The van der Waals surface area contributed by atoms with Crippen molar-refractivity contribution in [3.63, 3.8) is 0 Å². The Labute approximate surface area is 125 Å². The molecular weight excluding hydrogens is 266 g/mol. The number of carbonyl (C=O) groups is 2. The van der Waals surface area contributed by atoms with Gasteiger partial charge in [-0.05, 0) is 32.8 Å². The van der Waals surface area contributed by atoms with Crippen molar-refractivity contribution in [2.75, 3.05) is 0 Å². The molecule has 0 aliphatic heterocycles. The van der Waals surface area contributed by atoms with Crippen LogP contribution in [0.25, 0.3) is 0 Å². The zero-order valence-corrected chi connectivity index (χ0v) is 12.9. The molecule has 4 nitrogen and oxygen atoms in total. The molecule has 1 aromatic carbocycles. The lowest BCUT2D eigenvalue weighted by Gasteiger charge is -2.19. The Bertz CT molecular complexity index is 539. The minimum Gasteiger partial charge on any atom is -0.481 e. The maximum atomic E-state index is 12.1. The van der Waals surface area contributed by atoms with E-state index >= 15 is 0 Å². The lowest BCUT2D eigenvalue weighted by molar-refractivity contribution is -0.127. The summed E-state index contributed by atoms with van der Waals surface area (Å²) >= 11 is 0. The fourth-order valence-electron chi connectivity index (χ4n) is 2.68. The number of hydrogen-bond donors (Lipinski definition) is 1. The van der Waals surface area contributed by atoms with Gasteiger partial charge in [0.25, 0.3) is 5.91 Å². The molecule has 0 radical (unpaired) electrons. The highest BCUT2D eigenvalue weighted by molar-refractivity contribution is 6.01. The van der Waals surface area contributed by atoms with Crippen molar-refractivity contribution in [2.24, 2.45) is 0 Å². The van der Waals surface area contributed by atoms with Gasteiger partial charge < -0.3 is 10.1 Å². The summed E-state index contributed by atoms with van der Waals surface area (Å²) in [5, 5.41) is 2.95. The van der Waals surface area contributed by atoms with Crippen LogP contribution in [-0.2, 0) is 11.2 Å². The van der Waals surface area contributed by atoms with Gasteiger partial charge in [-0.25, -0.2) is 0 Å². The third kappa shape index (κ3) is 3.63. The van der Waals surface area contributed by atoms with Crippen LogP contribution < -0.4 is 10.1 Å². The fourth-order valence-corrected chi connectivity index (χ4v) is 2.68. The number of amides is 1. The first-order valence-corrected chi connectivity index (χ1v) is 7.65. The lowest BCUT2D eigenvalue weighted by Crippen LogP contribution is -2.41. The number of fused-ring (bicyclic) bond motifs is 1. The smallest absolute Gasteiger partial charge is 0.260 e. The Balaban J connectivity index is 2.02. The monoisotopic (exact) mass is 289 g/mol. The third-order valence-electron chi connectivity index (χ3n) is 3.82. The predicted octanol–water partition coefficient (Wildman–Crippen LogP) is 2.89. The number of carbonyl (C=O) groups excluding carboxylic acids is 2. The van der Waals surface area contributed by atoms with Gasteiger partial charge in [0.1, 0.15) is 5.75 Å². The SMILES string of the molecule is CCCC(C)NC(=O)C(C)Oc1cccc2c1CCC2=O. The second-order valence-corrected chi connectivity index (χ2v) is 5.66. The molecule has 0 fully saturated rings. The highest BCUT2D eigenvalue weighted by Crippen LogP contribution is 2.31. The third-order valence-corrected chi connectivity index (χ3v) is 3.82. The predicted molar refractivity (Wildman–Crippen MR) is 81.7 cm³/mol. The zero-order valence-electron chi connectivity index (χ0n) is 12.9. The molecular formula is C17H23NO3. The van der Waals surface area contributed by atoms with Gasteiger partial charge in [0.15, 0.2) is 11.9 Å². The number of benzene rings is 1. The first-order valence-electron chi connectivity index (χ1n) is 7.65. The summed E-state index contributed by atoms with van der Waals surface area (Å²) in [6.07, 6.45) is 2.65. The number of hydrogen-bond acceptors (Lipinski definition) is 3. The van der Waals surface area contributed by atoms with Gasteiger partial charge in [0, 0.05) is 23.6 Å². The molecule has 2 atom stereocenters. The van der Waals surface area contributed by atoms with Crippen molar-refractivity contribution >= 4 is 11.7 Å². The normalized spacial score (nSPS) is 16.2. The van der Waals surface area contributed by atoms with E-state index in [1.54, 1.807) is 6.92 Å². The second-order valence-electron chi connectivity index (χ2n) is 5.66. The van der Waals surface area contributed by atoms with Crippen molar-refractivity contribution in [3.05, 3.63) is 29.3 Å². The van der Waals surface area contributed by atoms with Crippen LogP contribution in [0.3, 0.4) is 0 Å². The van der Waals surface area contributed by atoms with Gasteiger partial charge in [-0.1, -0.05) is 25.5 Å². The molecule has 0 bridgehead atoms. The van der Waals surface area contributed by atoms with E-state index in [0.717, 1.165) is 24.0 Å². The van der Waals surface area contributed by atoms with Crippen LogP contribution in [0.1, 0.15) is 56.0 Å². The minimum atomic E-state index is -0.563. The van der Waals surface area contributed by atoms with Gasteiger partial charge in [-0.15, -0.1) is 0 Å². The molecule has 21 heavy (non-hydrogen) atoms. The number of ketones is 1. The first-order chi connectivity index (χ1) is 10.0. The highest BCUT2D eigenvalue weighted by atomic mass is 16.5. The number of ether oxygens (including phenoxy) is 1. The molecule has 1 aliphatic carbocycles. The van der Waals surface area contributed by atoms with E-state index in [4.69, 9.17) is 4.74 Å². The molecule has 2 rings (SSSR count). The number of nitrogens with one attached hydrogen (secondary N) is 1. The Morgan fingerprint density at radius 1 is 1.33 bits per heavy atom. The standard InChI is InChI=1S/C17H23NO3/c1-4-6-11(2)18-17(20)12(3)21-16-8-5-7-13-14(16)9-10-15(13)19/h5,7-8,11-12H,4,6,9-10H2,1-3H3,(H,18,20). The lowest BCUT2D eigenvalue weighted by atomic mass is 10.1. The summed E-state index contributed by atoms with van der Waals surface area (Å²) in [4.78, 5) is 23.8. The molecule has 114 valence electrons. The average molecular weight is 289 g/mol. The second kappa shape index (κ2) is 6.74. The van der Waals surface area contributed by atoms with E-state index in [-0.39, 0.29) is 17.7 Å². The van der Waals surface area contributed by atoms with E-state index in [1.807, 2.05) is 25.1 Å². The topological polar surface area (TPSA) is 55.4 Å². The van der Waals surface area contributed by atoms with E-state index in [9.17, 15) is 9.59 Å². The quantitative estimate of drug-likeness (QED) is 0.876. The first kappa shape index (κ1) is 15.5. The summed E-state index contributed by atoms with van der Waals surface area (Å²) in [7, 11) is 0. The molecule has 1 aromatic rings. The van der Waals surface area contributed by atoms with Crippen LogP contribution in [0.15, 0.2) is 18.2 Å². The van der Waals surface area contributed by atoms with Crippen LogP contribution in [0, 0.1) is 0 Å². The highest BCUT2D eigenvalue weighted by Gasteiger charge is 2.25. The summed E-state index contributed by atoms with van der Waals surface area (Å²) in [5.74, 6) is 0.700. The number of Topliss-reactive ketones (excluding diaryl/α,β-unsaturated/α-hetero) is 1. The molecule has 1 amide bonds. The molecule has 1 aliphatic rings. The molecule has 0 saturated carbocycles. The van der Waals surface area contributed by atoms with Crippen LogP contribution in [0.5, 0.6) is 5.75 Å². The summed E-state index contributed by atoms with van der Waals surface area (Å²) in [6, 6.07) is 5.61. The van der Waals surface area contributed by atoms with E-state index in [2.05, 4.69) is 12.2 Å². The molecule has 2 unspecified atom stereocenters. The van der Waals surface area contributed by atoms with Crippen molar-refractivity contribution < 1.29 is 14.3 Å². The van der Waals surface area contributed by atoms with Crippen LogP contribution in [0.4, 0.5) is 0 Å². The molecule has 0 saturated heterocycles. The van der Waals surface area contributed by atoms with Crippen molar-refractivity contribution in [2.45, 2.75) is 58.6 Å². The molecule has 0 aromatic heterocycles. The van der Waals surface area contributed by atoms with Crippen molar-refractivity contribution in [3.8, 4) is 5.75 Å². The Morgan fingerprint density at radius 2 is 2.10 bits per heavy atom. The van der Waals surface area contributed by atoms with E-state index < -0.39 is 6.10 Å². The van der Waals surface area contributed by atoms with Crippen molar-refractivity contribution in [1.82, 2.24) is 5.32 Å². The van der Waals surface area contributed by atoms with Crippen LogP contribution in [0.2, 0.25) is 0 Å². The molecule has 4 heteroatoms. The molecule has 1 N–H and O–H groups in total. The number of rotatable bonds is 6. The summed E-state index contributed by atoms with van der Waals surface area (Å²) < 4.78 is 5.78.